The summed E-state index contributed by atoms with van der Waals surface area (Å²) in [5.41, 5.74) is -3.11. The maximum Gasteiger partial charge on any atom is 0.418 e. The van der Waals surface area contributed by atoms with Crippen LogP contribution >= 0.6 is 11.8 Å². The van der Waals surface area contributed by atoms with Gasteiger partial charge >= 0.3 is 36.5 Å². The first-order valence-electron chi connectivity index (χ1n) is 23.6. The first-order valence-corrected chi connectivity index (χ1v) is 24.4. The number of halogens is 6. The zero-order chi connectivity index (χ0) is 55.3. The number of hydrogen-bond donors (Lipinski definition) is 0. The number of carbonyl (C=O) groups excluding carboxylic acids is 6. The number of amides is 4. The standard InChI is InChI=1S/C52H48F6N4O14S/c1-69-47(65)35-27-59(19-21-61(35)49(67)71-3)41(63)15-9-29-7-13-39(45(51(53,54)55)43(29)33-5-11-37-31(25-33)17-23-73-75-37)77-40-14-8-30(10-16-42(64)60-20-22-62(50(68)72-4)36(28-60)48(66)70-2)44(46(40)52(56,57)58)34-6-12-38-32(26-34)18-24-74-76-38/h5-16,25-26,35-36H,17-24,27-28H2,1-4H3. The van der Waals surface area contributed by atoms with Crippen LogP contribution in [-0.4, -0.2) is 149 Å². The number of alkyl halides is 6. The summed E-state index contributed by atoms with van der Waals surface area (Å²) in [6.45, 7) is -1.04. The van der Waals surface area contributed by atoms with Crippen molar-refractivity contribution in [3.63, 3.8) is 0 Å². The zero-order valence-corrected chi connectivity index (χ0v) is 42.3. The fraction of sp³-hybridized carbons (Fsp3) is 0.346. The first-order chi connectivity index (χ1) is 36.8. The Morgan fingerprint density at radius 2 is 0.961 bits per heavy atom. The third-order valence-corrected chi connectivity index (χ3v) is 14.2. The summed E-state index contributed by atoms with van der Waals surface area (Å²) < 4.78 is 115. The molecule has 0 N–H and O–H groups in total. The summed E-state index contributed by atoms with van der Waals surface area (Å²) in [5.74, 6) is -2.74. The number of fused-ring (bicyclic) bond motifs is 2. The van der Waals surface area contributed by atoms with Crippen molar-refractivity contribution in [3.8, 4) is 33.8 Å². The Morgan fingerprint density at radius 1 is 0.558 bits per heavy atom. The van der Waals surface area contributed by atoms with Gasteiger partial charge in [-0.2, -0.15) is 36.1 Å². The number of benzene rings is 4. The highest BCUT2D eigenvalue weighted by molar-refractivity contribution is 7.99. The molecule has 2 atom stereocenters. The molecule has 25 heteroatoms. The van der Waals surface area contributed by atoms with E-state index in [4.69, 9.17) is 38.5 Å². The molecule has 4 aliphatic rings. The summed E-state index contributed by atoms with van der Waals surface area (Å²) in [6.07, 6.45) is -7.51. The minimum Gasteiger partial charge on any atom is -0.467 e. The van der Waals surface area contributed by atoms with E-state index in [9.17, 15) is 28.8 Å². The molecule has 408 valence electrons. The van der Waals surface area contributed by atoms with Crippen LogP contribution in [0.1, 0.15) is 33.4 Å². The first kappa shape index (κ1) is 55.5. The maximum absolute atomic E-state index is 16.0. The Bertz CT molecular complexity index is 2840. The van der Waals surface area contributed by atoms with Gasteiger partial charge in [-0.05, 0) is 70.8 Å². The molecule has 0 radical (unpaired) electrons. The fourth-order valence-electron chi connectivity index (χ4n) is 9.33. The quantitative estimate of drug-likeness (QED) is 0.0490. The Labute approximate surface area is 439 Å². The fourth-order valence-corrected chi connectivity index (χ4v) is 10.5. The molecule has 0 aromatic heterocycles. The molecule has 0 aliphatic carbocycles. The third kappa shape index (κ3) is 12.0. The highest BCUT2D eigenvalue weighted by atomic mass is 32.2. The molecule has 18 nitrogen and oxygen atoms in total. The van der Waals surface area contributed by atoms with Crippen molar-refractivity contribution in [2.45, 2.75) is 47.1 Å². The van der Waals surface area contributed by atoms with Gasteiger partial charge in [-0.3, -0.25) is 19.4 Å². The van der Waals surface area contributed by atoms with E-state index in [1.54, 1.807) is 0 Å². The Hall–Kier alpha value is -7.77. The van der Waals surface area contributed by atoms with Crippen LogP contribution in [0.25, 0.3) is 34.4 Å². The van der Waals surface area contributed by atoms with Gasteiger partial charge in [0.15, 0.2) is 23.6 Å². The molecule has 2 saturated heterocycles. The molecule has 0 bridgehead atoms. The topological polar surface area (TPSA) is 189 Å². The predicted molar refractivity (Wildman–Crippen MR) is 260 cm³/mol. The molecule has 77 heavy (non-hydrogen) atoms. The van der Waals surface area contributed by atoms with Crippen molar-refractivity contribution >= 4 is 59.9 Å². The molecule has 4 aromatic carbocycles. The van der Waals surface area contributed by atoms with Gasteiger partial charge in [0, 0.05) is 83.2 Å². The molecule has 0 saturated carbocycles. The van der Waals surface area contributed by atoms with Gasteiger partial charge < -0.3 is 38.5 Å². The number of carbonyl (C=O) groups is 6. The van der Waals surface area contributed by atoms with Crippen molar-refractivity contribution in [2.24, 2.45) is 0 Å². The molecule has 2 fully saturated rings. The van der Waals surface area contributed by atoms with Gasteiger partial charge in [0.05, 0.1) is 65.9 Å². The molecular formula is C52H48F6N4O14S. The van der Waals surface area contributed by atoms with Crippen LogP contribution in [0.2, 0.25) is 0 Å². The lowest BCUT2D eigenvalue weighted by Crippen LogP contribution is -2.59. The second kappa shape index (κ2) is 23.2. The van der Waals surface area contributed by atoms with Crippen LogP contribution in [-0.2, 0) is 73.1 Å². The van der Waals surface area contributed by atoms with Gasteiger partial charge in [-0.25, -0.2) is 19.2 Å². The lowest BCUT2D eigenvalue weighted by atomic mass is 9.91. The maximum atomic E-state index is 16.0. The van der Waals surface area contributed by atoms with E-state index >= 15 is 26.3 Å². The normalized spacial score (nSPS) is 17.7. The molecule has 4 aromatic rings. The minimum absolute atomic E-state index is 0.0275. The second-order valence-corrected chi connectivity index (χ2v) is 18.6. The van der Waals surface area contributed by atoms with Crippen molar-refractivity contribution in [3.05, 3.63) is 106 Å². The molecule has 4 heterocycles. The monoisotopic (exact) mass is 1100 g/mol. The number of hydrogen-bond acceptors (Lipinski definition) is 15. The van der Waals surface area contributed by atoms with Crippen LogP contribution in [0.3, 0.4) is 0 Å². The highest BCUT2D eigenvalue weighted by Gasteiger charge is 2.43. The van der Waals surface area contributed by atoms with Crippen LogP contribution in [0.5, 0.6) is 11.5 Å². The Balaban J connectivity index is 1.23. The number of ether oxygens (including phenoxy) is 4. The number of piperazine rings is 2. The van der Waals surface area contributed by atoms with Gasteiger partial charge in [-0.1, -0.05) is 36.0 Å². The molecule has 4 amide bonds. The van der Waals surface area contributed by atoms with Crippen molar-refractivity contribution < 1.29 is 93.6 Å². The van der Waals surface area contributed by atoms with Gasteiger partial charge in [0.25, 0.3) is 0 Å². The van der Waals surface area contributed by atoms with Crippen LogP contribution in [0, 0.1) is 0 Å². The van der Waals surface area contributed by atoms with E-state index in [0.29, 0.717) is 11.1 Å². The average molecular weight is 1100 g/mol. The summed E-state index contributed by atoms with van der Waals surface area (Å²) in [7, 11) is 4.40. The van der Waals surface area contributed by atoms with Crippen molar-refractivity contribution in [1.82, 2.24) is 19.6 Å². The van der Waals surface area contributed by atoms with Crippen LogP contribution in [0.15, 0.2) is 82.6 Å². The number of rotatable bonds is 10. The largest absolute Gasteiger partial charge is 0.467 e. The Morgan fingerprint density at radius 3 is 1.32 bits per heavy atom. The highest BCUT2D eigenvalue weighted by Crippen LogP contribution is 2.52. The van der Waals surface area contributed by atoms with Gasteiger partial charge in [0.2, 0.25) is 11.8 Å². The van der Waals surface area contributed by atoms with Crippen molar-refractivity contribution in [2.75, 3.05) is 80.9 Å². The number of methoxy groups -OCH3 is 4. The van der Waals surface area contributed by atoms with Crippen molar-refractivity contribution in [1.29, 1.82) is 0 Å². The van der Waals surface area contributed by atoms with E-state index in [1.807, 2.05) is 0 Å². The summed E-state index contributed by atoms with van der Waals surface area (Å²) in [6, 6.07) is 10.2. The molecule has 8 rings (SSSR count). The lowest BCUT2D eigenvalue weighted by molar-refractivity contribution is -0.215. The summed E-state index contributed by atoms with van der Waals surface area (Å²) >= 11 is 0.200. The van der Waals surface area contributed by atoms with Gasteiger partial charge in [-0.15, -0.1) is 0 Å². The SMILES string of the molecule is COC(=O)C1CN(C(=O)C=Cc2ccc(Sc3ccc(C=CC(=O)N4CCN(C(=O)OC)C(C(=O)OC)C4)c(-c4ccc5c(c4)CCOO5)c3C(F)(F)F)c(C(F)(F)F)c2-c2ccc3c(c2)CCOO3)CCN1C(=O)OC. The summed E-state index contributed by atoms with van der Waals surface area (Å²) in [5, 5.41) is 0. The lowest BCUT2D eigenvalue weighted by Gasteiger charge is -2.38. The molecule has 0 spiro atoms. The van der Waals surface area contributed by atoms with Crippen LogP contribution < -0.4 is 9.78 Å². The second-order valence-electron chi connectivity index (χ2n) is 17.5. The smallest absolute Gasteiger partial charge is 0.418 e. The van der Waals surface area contributed by atoms with Gasteiger partial charge in [0.1, 0.15) is 0 Å². The Kier molecular flexibility index (Phi) is 16.7. The molecule has 2 unspecified atom stereocenters. The summed E-state index contributed by atoms with van der Waals surface area (Å²) in [4.78, 5) is 102. The van der Waals surface area contributed by atoms with E-state index < -0.39 is 92.4 Å². The van der Waals surface area contributed by atoms with E-state index in [-0.39, 0.29) is 111 Å². The number of esters is 2. The average Bonchev–Trinajstić information content (AvgIpc) is 3.49. The zero-order valence-electron chi connectivity index (χ0n) is 41.5. The third-order valence-electron chi connectivity index (χ3n) is 13.1. The number of nitrogens with zero attached hydrogens (tertiary/aromatic N) is 4. The van der Waals surface area contributed by atoms with E-state index in [2.05, 4.69) is 0 Å². The molecule has 4 aliphatic heterocycles. The van der Waals surface area contributed by atoms with E-state index in [0.717, 1.165) is 74.7 Å². The minimum atomic E-state index is -5.25. The molecular weight excluding hydrogens is 1050 g/mol. The van der Waals surface area contributed by atoms with Crippen LogP contribution in [0.4, 0.5) is 35.9 Å². The predicted octanol–water partition coefficient (Wildman–Crippen LogP) is 7.87. The van der Waals surface area contributed by atoms with E-state index in [1.165, 1.54) is 58.3 Å².